The topological polar surface area (TPSA) is 38.1 Å². The molecule has 0 bridgehead atoms. The molecule has 2 rings (SSSR count). The van der Waals surface area contributed by atoms with Crippen LogP contribution in [0.5, 0.6) is 0 Å². The van der Waals surface area contributed by atoms with Gasteiger partial charge in [-0.1, -0.05) is 0 Å². The van der Waals surface area contributed by atoms with Gasteiger partial charge in [0.25, 0.3) is 0 Å². The van der Waals surface area contributed by atoms with Gasteiger partial charge in [-0.05, 0) is 22.6 Å². The van der Waals surface area contributed by atoms with Gasteiger partial charge in [0.2, 0.25) is 5.91 Å². The van der Waals surface area contributed by atoms with E-state index in [1.54, 1.807) is 4.90 Å². The zero-order valence-corrected chi connectivity index (χ0v) is 10.1. The minimum Gasteiger partial charge on any atom is -0.345 e. The van der Waals surface area contributed by atoms with Crippen molar-refractivity contribution in [2.75, 3.05) is 13.6 Å². The van der Waals surface area contributed by atoms with Crippen molar-refractivity contribution in [2.24, 2.45) is 5.92 Å². The number of likely N-dealkylation sites (tertiary alicyclic amines) is 1. The fourth-order valence-corrected chi connectivity index (χ4v) is 2.23. The van der Waals surface area contributed by atoms with E-state index in [1.165, 1.54) is 0 Å². The number of amides is 1. The fourth-order valence-electron chi connectivity index (χ4n) is 1.78. The molecule has 76 valence electrons. The van der Waals surface area contributed by atoms with Gasteiger partial charge < -0.3 is 4.90 Å². The summed E-state index contributed by atoms with van der Waals surface area (Å²) >= 11 is 2.23. The average Bonchev–Trinajstić information content (AvgIpc) is 2.62. The lowest BCUT2D eigenvalue weighted by molar-refractivity contribution is -0.126. The number of hydrogen-bond donors (Lipinski definition) is 0. The molecular weight excluding hydrogens is 293 g/mol. The Hall–Kier alpha value is -0.590. The Morgan fingerprint density at radius 2 is 2.50 bits per heavy atom. The van der Waals surface area contributed by atoms with Crippen molar-refractivity contribution in [3.63, 3.8) is 0 Å². The third kappa shape index (κ3) is 2.08. The number of aromatic nitrogens is 2. The van der Waals surface area contributed by atoms with Crippen LogP contribution in [-0.2, 0) is 11.3 Å². The second-order valence-corrected chi connectivity index (χ2v) is 4.97. The summed E-state index contributed by atoms with van der Waals surface area (Å²) in [7, 11) is 1.86. The fraction of sp³-hybridized carbons (Fsp3) is 0.556. The maximum Gasteiger partial charge on any atom is 0.222 e. The minimum atomic E-state index is 0.247. The number of carbonyl (C=O) groups excluding carboxylic acids is 1. The lowest BCUT2D eigenvalue weighted by Crippen LogP contribution is -2.20. The first-order valence-corrected chi connectivity index (χ1v) is 5.65. The van der Waals surface area contributed by atoms with Gasteiger partial charge in [-0.3, -0.25) is 9.48 Å². The Morgan fingerprint density at radius 3 is 3.00 bits per heavy atom. The predicted molar refractivity (Wildman–Crippen MR) is 60.7 cm³/mol. The molecule has 0 aliphatic carbocycles. The molecule has 0 aromatic carbocycles. The van der Waals surface area contributed by atoms with Gasteiger partial charge in [0.15, 0.2) is 0 Å². The molecule has 1 unspecified atom stereocenters. The second kappa shape index (κ2) is 3.88. The molecule has 0 spiro atoms. The number of nitrogens with zero attached hydrogens (tertiary/aromatic N) is 3. The molecule has 5 heteroatoms. The summed E-state index contributed by atoms with van der Waals surface area (Å²) in [4.78, 5) is 13.1. The predicted octanol–water partition coefficient (Wildman–Crippen LogP) is 0.966. The Balaban J connectivity index is 1.96. The molecule has 1 saturated heterocycles. The van der Waals surface area contributed by atoms with Crippen molar-refractivity contribution >= 4 is 28.5 Å². The Bertz CT molecular complexity index is 350. The van der Waals surface area contributed by atoms with Gasteiger partial charge >= 0.3 is 0 Å². The Labute approximate surface area is 96.4 Å². The highest BCUT2D eigenvalue weighted by molar-refractivity contribution is 14.1. The normalized spacial score (nSPS) is 22.0. The third-order valence-corrected chi connectivity index (χ3v) is 3.03. The molecule has 2 heterocycles. The highest BCUT2D eigenvalue weighted by Gasteiger charge is 2.26. The zero-order chi connectivity index (χ0) is 10.1. The minimum absolute atomic E-state index is 0.247. The number of rotatable bonds is 2. The van der Waals surface area contributed by atoms with E-state index in [4.69, 9.17) is 0 Å². The molecule has 1 fully saturated rings. The van der Waals surface area contributed by atoms with Crippen LogP contribution in [0.3, 0.4) is 0 Å². The SMILES string of the molecule is CN1CC(Cn2cc(I)cn2)CC1=O. The molecule has 0 saturated carbocycles. The van der Waals surface area contributed by atoms with Crippen LogP contribution >= 0.6 is 22.6 Å². The van der Waals surface area contributed by atoms with Crippen LogP contribution in [-0.4, -0.2) is 34.2 Å². The van der Waals surface area contributed by atoms with Crippen LogP contribution in [0, 0.1) is 9.49 Å². The van der Waals surface area contributed by atoms with Gasteiger partial charge in [0.05, 0.1) is 9.77 Å². The van der Waals surface area contributed by atoms with Crippen LogP contribution in [0.15, 0.2) is 12.4 Å². The van der Waals surface area contributed by atoms with Crippen LogP contribution < -0.4 is 0 Å². The highest BCUT2D eigenvalue weighted by Crippen LogP contribution is 2.17. The van der Waals surface area contributed by atoms with E-state index in [0.717, 1.165) is 16.7 Å². The molecular formula is C9H12IN3O. The van der Waals surface area contributed by atoms with Crippen molar-refractivity contribution in [3.05, 3.63) is 16.0 Å². The van der Waals surface area contributed by atoms with Crippen molar-refractivity contribution in [3.8, 4) is 0 Å². The van der Waals surface area contributed by atoms with Crippen molar-refractivity contribution in [1.29, 1.82) is 0 Å². The Morgan fingerprint density at radius 1 is 1.71 bits per heavy atom. The molecule has 14 heavy (non-hydrogen) atoms. The molecule has 4 nitrogen and oxygen atoms in total. The zero-order valence-electron chi connectivity index (χ0n) is 7.98. The van der Waals surface area contributed by atoms with Gasteiger partial charge in [-0.2, -0.15) is 5.10 Å². The molecule has 1 aliphatic rings. The van der Waals surface area contributed by atoms with Gasteiger partial charge in [-0.15, -0.1) is 0 Å². The summed E-state index contributed by atoms with van der Waals surface area (Å²) in [5.41, 5.74) is 0. The van der Waals surface area contributed by atoms with E-state index in [1.807, 2.05) is 24.1 Å². The lowest BCUT2D eigenvalue weighted by atomic mass is 10.1. The molecule has 1 amide bonds. The summed E-state index contributed by atoms with van der Waals surface area (Å²) in [5, 5.41) is 4.21. The Kier molecular flexibility index (Phi) is 2.76. The number of carbonyl (C=O) groups is 1. The maximum atomic E-state index is 11.3. The highest BCUT2D eigenvalue weighted by atomic mass is 127. The summed E-state index contributed by atoms with van der Waals surface area (Å²) in [6.07, 6.45) is 4.50. The van der Waals surface area contributed by atoms with E-state index in [2.05, 4.69) is 27.7 Å². The molecule has 1 atom stereocenters. The molecule has 0 N–H and O–H groups in total. The molecule has 1 aliphatic heterocycles. The molecule has 1 aromatic heterocycles. The van der Waals surface area contributed by atoms with E-state index < -0.39 is 0 Å². The van der Waals surface area contributed by atoms with E-state index >= 15 is 0 Å². The van der Waals surface area contributed by atoms with Crippen LogP contribution in [0.25, 0.3) is 0 Å². The largest absolute Gasteiger partial charge is 0.345 e. The van der Waals surface area contributed by atoms with Gasteiger partial charge in [-0.25, -0.2) is 0 Å². The maximum absolute atomic E-state index is 11.3. The summed E-state index contributed by atoms with van der Waals surface area (Å²) in [6, 6.07) is 0. The van der Waals surface area contributed by atoms with Crippen LogP contribution in [0.4, 0.5) is 0 Å². The van der Waals surface area contributed by atoms with Crippen LogP contribution in [0.2, 0.25) is 0 Å². The average molecular weight is 305 g/mol. The van der Waals surface area contributed by atoms with Crippen molar-refractivity contribution in [2.45, 2.75) is 13.0 Å². The van der Waals surface area contributed by atoms with Gasteiger partial charge in [0.1, 0.15) is 0 Å². The monoisotopic (exact) mass is 305 g/mol. The van der Waals surface area contributed by atoms with E-state index in [9.17, 15) is 4.79 Å². The van der Waals surface area contributed by atoms with Crippen molar-refractivity contribution < 1.29 is 4.79 Å². The first-order valence-electron chi connectivity index (χ1n) is 4.57. The van der Waals surface area contributed by atoms with E-state index in [-0.39, 0.29) is 5.91 Å². The lowest BCUT2D eigenvalue weighted by Gasteiger charge is -2.09. The third-order valence-electron chi connectivity index (χ3n) is 2.47. The van der Waals surface area contributed by atoms with Crippen molar-refractivity contribution in [1.82, 2.24) is 14.7 Å². The van der Waals surface area contributed by atoms with Crippen LogP contribution in [0.1, 0.15) is 6.42 Å². The quantitative estimate of drug-likeness (QED) is 0.764. The molecule has 1 aromatic rings. The molecule has 0 radical (unpaired) electrons. The summed E-state index contributed by atoms with van der Waals surface area (Å²) in [5.74, 6) is 0.667. The van der Waals surface area contributed by atoms with Gasteiger partial charge in [0, 0.05) is 38.7 Å². The number of halogens is 1. The summed E-state index contributed by atoms with van der Waals surface area (Å²) < 4.78 is 3.05. The first kappa shape index (κ1) is 9.95. The first-order chi connectivity index (χ1) is 6.65. The van der Waals surface area contributed by atoms with E-state index in [0.29, 0.717) is 12.3 Å². The smallest absolute Gasteiger partial charge is 0.222 e. The summed E-state index contributed by atoms with van der Waals surface area (Å²) in [6.45, 7) is 1.70. The number of hydrogen-bond acceptors (Lipinski definition) is 2. The second-order valence-electron chi connectivity index (χ2n) is 3.73. The standard InChI is InChI=1S/C9H12IN3O/c1-12-4-7(2-9(12)14)5-13-6-8(10)3-11-13/h3,6-7H,2,4-5H2,1H3.